The molecule has 1 aromatic heterocycles. The summed E-state index contributed by atoms with van der Waals surface area (Å²) < 4.78 is 64.0. The first-order valence-corrected chi connectivity index (χ1v) is 7.21. The van der Waals surface area contributed by atoms with Crippen LogP contribution in [-0.2, 0) is 15.2 Å². The maximum atomic E-state index is 12.4. The summed E-state index contributed by atoms with van der Waals surface area (Å²) >= 11 is 0. The first-order valence-electron chi connectivity index (χ1n) is 4.90. The van der Waals surface area contributed by atoms with Crippen LogP contribution in [0.5, 0.6) is 0 Å². The van der Waals surface area contributed by atoms with Crippen molar-refractivity contribution < 1.29 is 26.0 Å². The molecule has 0 aliphatic carbocycles. The van der Waals surface area contributed by atoms with E-state index in [1.807, 2.05) is 0 Å². The molecule has 0 radical (unpaired) electrons. The molecular weight excluding hydrogens is 305 g/mol. The van der Waals surface area contributed by atoms with E-state index in [0.29, 0.717) is 5.56 Å². The van der Waals surface area contributed by atoms with Crippen LogP contribution >= 0.6 is 10.7 Å². The molecule has 0 N–H and O–H groups in total. The zero-order chi connectivity index (χ0) is 14.3. The van der Waals surface area contributed by atoms with Crippen LogP contribution in [0.3, 0.4) is 0 Å². The monoisotopic (exact) mass is 310 g/mol. The quantitative estimate of drug-likeness (QED) is 0.791. The first kappa shape index (κ1) is 14.0. The van der Waals surface area contributed by atoms with Gasteiger partial charge >= 0.3 is 6.18 Å². The Balaban J connectivity index is 2.36. The second-order valence-corrected chi connectivity index (χ2v) is 6.13. The number of hydrogen-bond acceptors (Lipinski definition) is 3. The molecule has 0 aliphatic heterocycles. The van der Waals surface area contributed by atoms with E-state index in [1.54, 1.807) is 0 Å². The Morgan fingerprint density at radius 1 is 1.00 bits per heavy atom. The fraction of sp³-hybridized carbons (Fsp3) is 0.0909. The molecule has 0 unspecified atom stereocenters. The van der Waals surface area contributed by atoms with Crippen LogP contribution in [0.2, 0.25) is 0 Å². The lowest BCUT2D eigenvalue weighted by Gasteiger charge is -2.06. The van der Waals surface area contributed by atoms with E-state index < -0.39 is 25.9 Å². The number of rotatable bonds is 2. The van der Waals surface area contributed by atoms with Gasteiger partial charge in [-0.15, -0.1) is 0 Å². The highest BCUT2D eigenvalue weighted by Crippen LogP contribution is 2.32. The van der Waals surface area contributed by atoms with Gasteiger partial charge < -0.3 is 4.42 Å². The highest BCUT2D eigenvalue weighted by molar-refractivity contribution is 8.13. The molecule has 0 spiro atoms. The topological polar surface area (TPSA) is 47.3 Å². The van der Waals surface area contributed by atoms with Crippen LogP contribution < -0.4 is 0 Å². The van der Waals surface area contributed by atoms with Gasteiger partial charge in [0.05, 0.1) is 5.56 Å². The molecule has 102 valence electrons. The molecule has 0 saturated heterocycles. The zero-order valence-corrected chi connectivity index (χ0v) is 10.7. The van der Waals surface area contributed by atoms with Crippen molar-refractivity contribution in [2.75, 3.05) is 0 Å². The van der Waals surface area contributed by atoms with Gasteiger partial charge in [-0.25, -0.2) is 8.42 Å². The average Bonchev–Trinajstić information content (AvgIpc) is 2.77. The number of furan rings is 1. The third-order valence-corrected chi connectivity index (χ3v) is 3.47. The van der Waals surface area contributed by atoms with Crippen LogP contribution in [0.15, 0.2) is 45.9 Å². The van der Waals surface area contributed by atoms with Crippen molar-refractivity contribution in [2.45, 2.75) is 11.3 Å². The average molecular weight is 311 g/mol. The second-order valence-electron chi connectivity index (χ2n) is 3.63. The first-order chi connectivity index (χ1) is 8.68. The Kier molecular flexibility index (Phi) is 3.36. The summed E-state index contributed by atoms with van der Waals surface area (Å²) in [4.78, 5) is 0. The van der Waals surface area contributed by atoms with Crippen molar-refractivity contribution in [3.8, 4) is 11.3 Å². The van der Waals surface area contributed by atoms with Crippen LogP contribution in [0.25, 0.3) is 11.3 Å². The number of halogens is 4. The van der Waals surface area contributed by atoms with Gasteiger partial charge in [-0.1, -0.05) is 12.1 Å². The lowest BCUT2D eigenvalue weighted by molar-refractivity contribution is -0.137. The molecular formula is C11H6ClF3O3S. The molecule has 0 amide bonds. The predicted octanol–water partition coefficient (Wildman–Crippen LogP) is 3.89. The molecule has 0 fully saturated rings. The number of alkyl halides is 3. The molecule has 0 atom stereocenters. The van der Waals surface area contributed by atoms with Crippen molar-refractivity contribution in [1.29, 1.82) is 0 Å². The summed E-state index contributed by atoms with van der Waals surface area (Å²) in [5.74, 6) is 0.118. The smallest absolute Gasteiger partial charge is 0.416 e. The molecule has 3 nitrogen and oxygen atoms in total. The third-order valence-electron chi connectivity index (χ3n) is 2.32. The molecule has 0 aliphatic rings. The van der Waals surface area contributed by atoms with Gasteiger partial charge in [-0.2, -0.15) is 13.2 Å². The Bertz CT molecular complexity index is 687. The van der Waals surface area contributed by atoms with E-state index in [-0.39, 0.29) is 5.76 Å². The Hall–Kier alpha value is -1.47. The van der Waals surface area contributed by atoms with Gasteiger partial charge in [0, 0.05) is 16.2 Å². The second kappa shape index (κ2) is 4.57. The number of hydrogen-bond donors (Lipinski definition) is 0. The minimum absolute atomic E-state index is 0.118. The highest BCUT2D eigenvalue weighted by atomic mass is 35.7. The predicted molar refractivity (Wildman–Crippen MR) is 62.2 cm³/mol. The summed E-state index contributed by atoms with van der Waals surface area (Å²) in [6.07, 6.45) is -4.42. The summed E-state index contributed by atoms with van der Waals surface area (Å²) in [5, 5.41) is -0.455. The lowest BCUT2D eigenvalue weighted by atomic mass is 10.1. The van der Waals surface area contributed by atoms with E-state index in [0.717, 1.165) is 18.2 Å². The number of benzene rings is 1. The molecule has 1 aromatic carbocycles. The fourth-order valence-electron chi connectivity index (χ4n) is 1.43. The van der Waals surface area contributed by atoms with E-state index in [1.165, 1.54) is 18.2 Å². The van der Waals surface area contributed by atoms with Gasteiger partial charge in [0.2, 0.25) is 5.09 Å². The van der Waals surface area contributed by atoms with Gasteiger partial charge in [0.15, 0.2) is 0 Å². The van der Waals surface area contributed by atoms with Crippen LogP contribution in [0, 0.1) is 0 Å². The molecule has 1 heterocycles. The van der Waals surface area contributed by atoms with Crippen molar-refractivity contribution >= 4 is 19.7 Å². The van der Waals surface area contributed by atoms with E-state index in [9.17, 15) is 21.6 Å². The molecule has 0 saturated carbocycles. The van der Waals surface area contributed by atoms with Gasteiger partial charge in [0.1, 0.15) is 5.76 Å². The Morgan fingerprint density at radius 2 is 1.58 bits per heavy atom. The van der Waals surface area contributed by atoms with E-state index in [4.69, 9.17) is 15.1 Å². The largest absolute Gasteiger partial charge is 0.443 e. The SMILES string of the molecule is O=S(=O)(Cl)c1ccc(-c2ccc(C(F)(F)F)cc2)o1. The van der Waals surface area contributed by atoms with Crippen molar-refractivity contribution in [3.05, 3.63) is 42.0 Å². The minimum Gasteiger partial charge on any atom is -0.443 e. The van der Waals surface area contributed by atoms with Crippen molar-refractivity contribution in [3.63, 3.8) is 0 Å². The zero-order valence-electron chi connectivity index (χ0n) is 9.11. The molecule has 0 bridgehead atoms. The third kappa shape index (κ3) is 3.10. The lowest BCUT2D eigenvalue weighted by Crippen LogP contribution is -2.03. The van der Waals surface area contributed by atoms with Crippen molar-refractivity contribution in [1.82, 2.24) is 0 Å². The standard InChI is InChI=1S/C11H6ClF3O3S/c12-19(16,17)10-6-5-9(18-10)7-1-3-8(4-2-7)11(13,14)15/h1-6H. The highest BCUT2D eigenvalue weighted by Gasteiger charge is 2.30. The summed E-state index contributed by atoms with van der Waals surface area (Å²) in [7, 11) is 1.08. The molecule has 2 aromatic rings. The van der Waals surface area contributed by atoms with Crippen molar-refractivity contribution in [2.24, 2.45) is 0 Å². The van der Waals surface area contributed by atoms with Crippen LogP contribution in [-0.4, -0.2) is 8.42 Å². The normalized spacial score (nSPS) is 12.6. The van der Waals surface area contributed by atoms with Gasteiger partial charge in [-0.05, 0) is 24.3 Å². The summed E-state index contributed by atoms with van der Waals surface area (Å²) in [5.41, 5.74) is -0.479. The molecule has 2 rings (SSSR count). The van der Waals surface area contributed by atoms with Gasteiger partial charge in [-0.3, -0.25) is 0 Å². The van der Waals surface area contributed by atoms with Gasteiger partial charge in [0.25, 0.3) is 9.05 Å². The summed E-state index contributed by atoms with van der Waals surface area (Å²) in [6, 6.07) is 6.59. The van der Waals surface area contributed by atoms with E-state index in [2.05, 4.69) is 0 Å². The molecule has 8 heteroatoms. The Morgan fingerprint density at radius 3 is 2.00 bits per heavy atom. The van der Waals surface area contributed by atoms with Crippen LogP contribution in [0.1, 0.15) is 5.56 Å². The Labute approximate surface area is 111 Å². The van der Waals surface area contributed by atoms with Crippen LogP contribution in [0.4, 0.5) is 13.2 Å². The maximum absolute atomic E-state index is 12.4. The minimum atomic E-state index is -4.42. The summed E-state index contributed by atoms with van der Waals surface area (Å²) in [6.45, 7) is 0. The molecule has 19 heavy (non-hydrogen) atoms. The fourth-order valence-corrected chi connectivity index (χ4v) is 2.10. The maximum Gasteiger partial charge on any atom is 0.416 e. The van der Waals surface area contributed by atoms with E-state index >= 15 is 0 Å².